The van der Waals surface area contributed by atoms with E-state index in [2.05, 4.69) is 24.5 Å². The predicted molar refractivity (Wildman–Crippen MR) is 83.1 cm³/mol. The van der Waals surface area contributed by atoms with E-state index in [0.29, 0.717) is 11.6 Å². The fourth-order valence-corrected chi connectivity index (χ4v) is 2.24. The average molecular weight is 278 g/mol. The first-order chi connectivity index (χ1) is 9.71. The number of rotatable bonds is 9. The Kier molecular flexibility index (Phi) is 7.73. The zero-order valence-corrected chi connectivity index (χ0v) is 12.5. The summed E-state index contributed by atoms with van der Waals surface area (Å²) in [6, 6.07) is 7.98. The lowest BCUT2D eigenvalue weighted by atomic mass is 10.1. The molecule has 3 N–H and O–H groups in total. The molecule has 0 bridgehead atoms. The molecule has 0 heterocycles. The molecule has 1 rings (SSSR count). The van der Waals surface area contributed by atoms with Crippen LogP contribution in [0.2, 0.25) is 0 Å². The highest BCUT2D eigenvalue weighted by molar-refractivity contribution is 5.95. The fraction of sp³-hybridized carbons (Fsp3) is 0.562. The standard InChI is InChI=1S/C16H26N2O2/c1-3-6-14(7-4-2)18-15-9-5-8-13(12-15)16(20)17-10-11-19/h5,8-9,12,14,18-19H,3-4,6-7,10-11H2,1-2H3,(H,17,20). The Morgan fingerprint density at radius 2 is 1.95 bits per heavy atom. The van der Waals surface area contributed by atoms with Gasteiger partial charge in [0.2, 0.25) is 0 Å². The van der Waals surface area contributed by atoms with Gasteiger partial charge in [0, 0.05) is 23.8 Å². The third kappa shape index (κ3) is 5.61. The first-order valence-corrected chi connectivity index (χ1v) is 7.46. The Morgan fingerprint density at radius 3 is 2.55 bits per heavy atom. The number of aliphatic hydroxyl groups excluding tert-OH is 1. The van der Waals surface area contributed by atoms with Gasteiger partial charge in [0.15, 0.2) is 0 Å². The zero-order chi connectivity index (χ0) is 14.8. The summed E-state index contributed by atoms with van der Waals surface area (Å²) in [7, 11) is 0. The van der Waals surface area contributed by atoms with Crippen molar-refractivity contribution < 1.29 is 9.90 Å². The maximum atomic E-state index is 11.8. The second-order valence-electron chi connectivity index (χ2n) is 4.98. The summed E-state index contributed by atoms with van der Waals surface area (Å²) < 4.78 is 0. The molecule has 0 unspecified atom stereocenters. The van der Waals surface area contributed by atoms with Crippen molar-refractivity contribution in [2.75, 3.05) is 18.5 Å². The Hall–Kier alpha value is -1.55. The number of aliphatic hydroxyl groups is 1. The summed E-state index contributed by atoms with van der Waals surface area (Å²) in [6.45, 7) is 4.61. The Balaban J connectivity index is 2.68. The minimum atomic E-state index is -0.148. The summed E-state index contributed by atoms with van der Waals surface area (Å²) in [4.78, 5) is 11.8. The van der Waals surface area contributed by atoms with Gasteiger partial charge in [-0.2, -0.15) is 0 Å². The Labute approximate surface area is 121 Å². The molecule has 0 aliphatic heterocycles. The lowest BCUT2D eigenvalue weighted by Crippen LogP contribution is -2.26. The van der Waals surface area contributed by atoms with E-state index in [4.69, 9.17) is 5.11 Å². The van der Waals surface area contributed by atoms with Gasteiger partial charge in [0.1, 0.15) is 0 Å². The van der Waals surface area contributed by atoms with Crippen LogP contribution in [0.15, 0.2) is 24.3 Å². The molecule has 1 amide bonds. The molecule has 0 aliphatic rings. The molecule has 0 spiro atoms. The number of carbonyl (C=O) groups is 1. The molecule has 1 aromatic rings. The van der Waals surface area contributed by atoms with Crippen molar-refractivity contribution in [2.45, 2.75) is 45.6 Å². The van der Waals surface area contributed by atoms with Crippen LogP contribution in [0.5, 0.6) is 0 Å². The fourth-order valence-electron chi connectivity index (χ4n) is 2.24. The molecule has 0 aromatic heterocycles. The summed E-state index contributed by atoms with van der Waals surface area (Å²) in [6.07, 6.45) is 4.56. The molecular weight excluding hydrogens is 252 g/mol. The van der Waals surface area contributed by atoms with Crippen LogP contribution in [-0.2, 0) is 0 Å². The van der Waals surface area contributed by atoms with E-state index >= 15 is 0 Å². The van der Waals surface area contributed by atoms with Crippen molar-refractivity contribution in [2.24, 2.45) is 0 Å². The molecule has 0 saturated carbocycles. The molecule has 4 heteroatoms. The van der Waals surface area contributed by atoms with Crippen LogP contribution in [0.3, 0.4) is 0 Å². The molecule has 20 heavy (non-hydrogen) atoms. The number of hydrogen-bond donors (Lipinski definition) is 3. The van der Waals surface area contributed by atoms with E-state index in [-0.39, 0.29) is 19.1 Å². The number of amides is 1. The SMILES string of the molecule is CCCC(CCC)Nc1cccc(C(=O)NCCO)c1. The quantitative estimate of drug-likeness (QED) is 0.651. The first-order valence-electron chi connectivity index (χ1n) is 7.46. The third-order valence-corrected chi connectivity index (χ3v) is 3.17. The molecule has 0 atom stereocenters. The average Bonchev–Trinajstić information content (AvgIpc) is 2.45. The summed E-state index contributed by atoms with van der Waals surface area (Å²) in [5, 5.41) is 14.9. The van der Waals surface area contributed by atoms with Crippen molar-refractivity contribution in [1.29, 1.82) is 0 Å². The first kappa shape index (κ1) is 16.5. The molecule has 0 radical (unpaired) electrons. The van der Waals surface area contributed by atoms with Crippen LogP contribution in [0.4, 0.5) is 5.69 Å². The molecule has 112 valence electrons. The van der Waals surface area contributed by atoms with Gasteiger partial charge in [-0.05, 0) is 31.0 Å². The maximum absolute atomic E-state index is 11.8. The Morgan fingerprint density at radius 1 is 1.25 bits per heavy atom. The minimum Gasteiger partial charge on any atom is -0.395 e. The molecule has 0 saturated heterocycles. The van der Waals surface area contributed by atoms with Crippen molar-refractivity contribution in [1.82, 2.24) is 5.32 Å². The third-order valence-electron chi connectivity index (χ3n) is 3.17. The monoisotopic (exact) mass is 278 g/mol. The van der Waals surface area contributed by atoms with Crippen LogP contribution in [0.25, 0.3) is 0 Å². The maximum Gasteiger partial charge on any atom is 0.251 e. The van der Waals surface area contributed by atoms with Crippen molar-refractivity contribution in [3.05, 3.63) is 29.8 Å². The van der Waals surface area contributed by atoms with Gasteiger partial charge in [0.05, 0.1) is 6.61 Å². The highest BCUT2D eigenvalue weighted by atomic mass is 16.3. The van der Waals surface area contributed by atoms with Crippen molar-refractivity contribution >= 4 is 11.6 Å². The molecule has 0 aliphatic carbocycles. The number of carbonyl (C=O) groups excluding carboxylic acids is 1. The summed E-state index contributed by atoms with van der Waals surface area (Å²) in [5.74, 6) is -0.148. The van der Waals surface area contributed by atoms with Crippen LogP contribution in [0, 0.1) is 0 Å². The number of benzene rings is 1. The van der Waals surface area contributed by atoms with E-state index < -0.39 is 0 Å². The molecule has 1 aromatic carbocycles. The lowest BCUT2D eigenvalue weighted by Gasteiger charge is -2.19. The van der Waals surface area contributed by atoms with Gasteiger partial charge in [-0.15, -0.1) is 0 Å². The second kappa shape index (κ2) is 9.37. The zero-order valence-electron chi connectivity index (χ0n) is 12.5. The van der Waals surface area contributed by atoms with E-state index in [1.54, 1.807) is 6.07 Å². The van der Waals surface area contributed by atoms with E-state index in [9.17, 15) is 4.79 Å². The van der Waals surface area contributed by atoms with Gasteiger partial charge in [-0.25, -0.2) is 0 Å². The van der Waals surface area contributed by atoms with E-state index in [1.807, 2.05) is 18.2 Å². The van der Waals surface area contributed by atoms with Gasteiger partial charge in [-0.1, -0.05) is 32.8 Å². The molecule has 0 fully saturated rings. The topological polar surface area (TPSA) is 61.4 Å². The van der Waals surface area contributed by atoms with Crippen molar-refractivity contribution in [3.8, 4) is 0 Å². The number of hydrogen-bond acceptors (Lipinski definition) is 3. The normalized spacial score (nSPS) is 10.6. The molecule has 4 nitrogen and oxygen atoms in total. The van der Waals surface area contributed by atoms with Gasteiger partial charge >= 0.3 is 0 Å². The largest absolute Gasteiger partial charge is 0.395 e. The summed E-state index contributed by atoms with van der Waals surface area (Å²) in [5.41, 5.74) is 1.60. The highest BCUT2D eigenvalue weighted by Crippen LogP contribution is 2.16. The van der Waals surface area contributed by atoms with E-state index in [1.165, 1.54) is 0 Å². The molecular formula is C16H26N2O2. The van der Waals surface area contributed by atoms with Gasteiger partial charge in [0.25, 0.3) is 5.91 Å². The van der Waals surface area contributed by atoms with Crippen LogP contribution < -0.4 is 10.6 Å². The number of anilines is 1. The number of nitrogens with one attached hydrogen (secondary N) is 2. The van der Waals surface area contributed by atoms with E-state index in [0.717, 1.165) is 31.4 Å². The highest BCUT2D eigenvalue weighted by Gasteiger charge is 2.09. The van der Waals surface area contributed by atoms with Gasteiger partial charge in [-0.3, -0.25) is 4.79 Å². The Bertz CT molecular complexity index is 401. The van der Waals surface area contributed by atoms with Crippen LogP contribution in [0.1, 0.15) is 49.9 Å². The van der Waals surface area contributed by atoms with Crippen molar-refractivity contribution in [3.63, 3.8) is 0 Å². The van der Waals surface area contributed by atoms with Crippen LogP contribution in [-0.4, -0.2) is 30.2 Å². The van der Waals surface area contributed by atoms with Gasteiger partial charge < -0.3 is 15.7 Å². The summed E-state index contributed by atoms with van der Waals surface area (Å²) >= 11 is 0. The predicted octanol–water partition coefficient (Wildman–Crippen LogP) is 2.79. The second-order valence-corrected chi connectivity index (χ2v) is 4.98. The lowest BCUT2D eigenvalue weighted by molar-refractivity contribution is 0.0945. The van der Waals surface area contributed by atoms with Crippen LogP contribution >= 0.6 is 0 Å². The smallest absolute Gasteiger partial charge is 0.251 e. The minimum absolute atomic E-state index is 0.0429.